The van der Waals surface area contributed by atoms with Gasteiger partial charge in [-0.25, -0.2) is 8.42 Å². The molecule has 0 aromatic heterocycles. The molecular formula is C20H26N2O3S2. The summed E-state index contributed by atoms with van der Waals surface area (Å²) in [4.78, 5) is 12.1. The van der Waals surface area contributed by atoms with Crippen molar-refractivity contribution in [3.05, 3.63) is 71.3 Å². The highest BCUT2D eigenvalue weighted by molar-refractivity contribution is 7.98. The van der Waals surface area contributed by atoms with Crippen molar-refractivity contribution in [3.63, 3.8) is 0 Å². The third-order valence-electron chi connectivity index (χ3n) is 3.95. The quantitative estimate of drug-likeness (QED) is 0.616. The Kier molecular flexibility index (Phi) is 8.34. The van der Waals surface area contributed by atoms with Gasteiger partial charge in [0.2, 0.25) is 15.9 Å². The van der Waals surface area contributed by atoms with E-state index in [0.29, 0.717) is 6.54 Å². The molecule has 1 amide bonds. The largest absolute Gasteiger partial charge is 0.354 e. The van der Waals surface area contributed by atoms with Gasteiger partial charge < -0.3 is 5.32 Å². The molecule has 0 spiro atoms. The van der Waals surface area contributed by atoms with Crippen LogP contribution < -0.4 is 5.32 Å². The van der Waals surface area contributed by atoms with Crippen LogP contribution in [0, 0.1) is 6.92 Å². The highest BCUT2D eigenvalue weighted by Gasteiger charge is 2.20. The van der Waals surface area contributed by atoms with Crippen LogP contribution in [0.2, 0.25) is 0 Å². The number of thioether (sulfide) groups is 1. The van der Waals surface area contributed by atoms with Gasteiger partial charge in [0.25, 0.3) is 0 Å². The fraction of sp³-hybridized carbons (Fsp3) is 0.350. The molecule has 1 N–H and O–H groups in total. The second kappa shape index (κ2) is 10.5. The lowest BCUT2D eigenvalue weighted by atomic mass is 10.2. The Balaban J connectivity index is 1.74. The maximum atomic E-state index is 12.1. The van der Waals surface area contributed by atoms with Crippen molar-refractivity contribution in [2.24, 2.45) is 0 Å². The molecule has 5 nitrogen and oxygen atoms in total. The molecule has 2 aromatic carbocycles. The van der Waals surface area contributed by atoms with E-state index in [1.165, 1.54) is 15.4 Å². The van der Waals surface area contributed by atoms with Gasteiger partial charge in [0.15, 0.2) is 0 Å². The van der Waals surface area contributed by atoms with Gasteiger partial charge in [0, 0.05) is 24.6 Å². The number of rotatable bonds is 10. The summed E-state index contributed by atoms with van der Waals surface area (Å²) in [5.41, 5.74) is 3.34. The van der Waals surface area contributed by atoms with Gasteiger partial charge in [-0.05, 0) is 18.1 Å². The van der Waals surface area contributed by atoms with Crippen molar-refractivity contribution in [1.82, 2.24) is 9.62 Å². The first-order valence-electron chi connectivity index (χ1n) is 8.73. The first-order chi connectivity index (χ1) is 12.8. The van der Waals surface area contributed by atoms with Crippen molar-refractivity contribution < 1.29 is 13.2 Å². The highest BCUT2D eigenvalue weighted by Crippen LogP contribution is 2.12. The Morgan fingerprint density at radius 3 is 2.33 bits per heavy atom. The van der Waals surface area contributed by atoms with Gasteiger partial charge in [-0.2, -0.15) is 16.1 Å². The third-order valence-corrected chi connectivity index (χ3v) is 6.18. The van der Waals surface area contributed by atoms with Crippen molar-refractivity contribution in [1.29, 1.82) is 0 Å². The van der Waals surface area contributed by atoms with Crippen LogP contribution in [0.3, 0.4) is 0 Å². The zero-order chi connectivity index (χ0) is 19.7. The van der Waals surface area contributed by atoms with E-state index in [9.17, 15) is 13.2 Å². The Bertz CT molecular complexity index is 822. The van der Waals surface area contributed by atoms with Crippen molar-refractivity contribution in [2.75, 3.05) is 25.1 Å². The molecule has 0 atom stereocenters. The maximum Gasteiger partial charge on any atom is 0.235 e. The second-order valence-corrected chi connectivity index (χ2v) is 9.49. The zero-order valence-corrected chi connectivity index (χ0v) is 17.4. The number of carbonyl (C=O) groups excluding carboxylic acids is 1. The van der Waals surface area contributed by atoms with Gasteiger partial charge >= 0.3 is 0 Å². The molecular weight excluding hydrogens is 380 g/mol. The number of hydrogen-bond acceptors (Lipinski definition) is 4. The smallest absolute Gasteiger partial charge is 0.235 e. The van der Waals surface area contributed by atoms with Crippen LogP contribution >= 0.6 is 11.8 Å². The average Bonchev–Trinajstić information content (AvgIpc) is 2.62. The number of sulfonamides is 1. The van der Waals surface area contributed by atoms with Gasteiger partial charge in [0.05, 0.1) is 12.8 Å². The predicted molar refractivity (Wildman–Crippen MR) is 112 cm³/mol. The van der Waals surface area contributed by atoms with Gasteiger partial charge in [0.1, 0.15) is 0 Å². The van der Waals surface area contributed by atoms with E-state index in [2.05, 4.69) is 36.5 Å². The molecule has 0 saturated heterocycles. The van der Waals surface area contributed by atoms with Crippen molar-refractivity contribution >= 4 is 27.7 Å². The Morgan fingerprint density at radius 2 is 1.70 bits per heavy atom. The summed E-state index contributed by atoms with van der Waals surface area (Å²) in [5, 5.41) is 2.80. The normalized spacial score (nSPS) is 11.5. The number of carbonyl (C=O) groups is 1. The first-order valence-corrected chi connectivity index (χ1v) is 11.7. The standard InChI is InChI=1S/C20H26N2O3S2/c1-17-8-10-19(11-9-17)16-26-13-12-21-20(23)15-22(27(2,24)25)14-18-6-4-3-5-7-18/h3-11H,12-16H2,1-2H3,(H,21,23). The van der Waals surface area contributed by atoms with Crippen LogP contribution in [0.4, 0.5) is 0 Å². The summed E-state index contributed by atoms with van der Waals surface area (Å²) in [6.45, 7) is 2.59. The lowest BCUT2D eigenvalue weighted by molar-refractivity contribution is -0.121. The van der Waals surface area contributed by atoms with E-state index < -0.39 is 10.0 Å². The Labute approximate surface area is 166 Å². The second-order valence-electron chi connectivity index (χ2n) is 6.40. The fourth-order valence-electron chi connectivity index (χ4n) is 2.43. The van der Waals surface area contributed by atoms with E-state index in [1.807, 2.05) is 30.3 Å². The molecule has 7 heteroatoms. The Hall–Kier alpha value is -1.83. The molecule has 27 heavy (non-hydrogen) atoms. The molecule has 2 rings (SSSR count). The van der Waals surface area contributed by atoms with Gasteiger partial charge in [-0.3, -0.25) is 4.79 Å². The monoisotopic (exact) mass is 406 g/mol. The van der Waals surface area contributed by atoms with Crippen LogP contribution in [0.5, 0.6) is 0 Å². The summed E-state index contributed by atoms with van der Waals surface area (Å²) < 4.78 is 25.1. The third kappa shape index (κ3) is 8.15. The van der Waals surface area contributed by atoms with Crippen LogP contribution in [-0.4, -0.2) is 43.7 Å². The summed E-state index contributed by atoms with van der Waals surface area (Å²) >= 11 is 1.73. The molecule has 0 saturated carbocycles. The van der Waals surface area contributed by atoms with Gasteiger partial charge in [-0.1, -0.05) is 60.2 Å². The molecule has 146 valence electrons. The molecule has 0 aliphatic carbocycles. The topological polar surface area (TPSA) is 66.5 Å². The SMILES string of the molecule is Cc1ccc(CSCCNC(=O)CN(Cc2ccccc2)S(C)(=O)=O)cc1. The Morgan fingerprint density at radius 1 is 1.04 bits per heavy atom. The molecule has 0 unspecified atom stereocenters. The lowest BCUT2D eigenvalue weighted by Gasteiger charge is -2.19. The van der Waals surface area contributed by atoms with E-state index in [0.717, 1.165) is 23.3 Å². The molecule has 0 fully saturated rings. The summed E-state index contributed by atoms with van der Waals surface area (Å²) in [7, 11) is -3.47. The van der Waals surface area contributed by atoms with E-state index in [1.54, 1.807) is 11.8 Å². The average molecular weight is 407 g/mol. The number of amides is 1. The molecule has 0 aliphatic rings. The number of nitrogens with zero attached hydrogens (tertiary/aromatic N) is 1. The highest BCUT2D eigenvalue weighted by atomic mass is 32.2. The van der Waals surface area contributed by atoms with Gasteiger partial charge in [-0.15, -0.1) is 0 Å². The van der Waals surface area contributed by atoms with Crippen LogP contribution in [-0.2, 0) is 27.1 Å². The molecule has 0 heterocycles. The number of benzene rings is 2. The van der Waals surface area contributed by atoms with Crippen molar-refractivity contribution in [3.8, 4) is 0 Å². The summed E-state index contributed by atoms with van der Waals surface area (Å²) in [6, 6.07) is 17.6. The zero-order valence-electron chi connectivity index (χ0n) is 15.7. The molecule has 2 aromatic rings. The van der Waals surface area contributed by atoms with Crippen molar-refractivity contribution in [2.45, 2.75) is 19.2 Å². The number of hydrogen-bond donors (Lipinski definition) is 1. The molecule has 0 aliphatic heterocycles. The molecule has 0 bridgehead atoms. The van der Waals surface area contributed by atoms with E-state index in [4.69, 9.17) is 0 Å². The summed E-state index contributed by atoms with van der Waals surface area (Å²) in [6.07, 6.45) is 1.13. The first kappa shape index (κ1) is 21.5. The molecule has 0 radical (unpaired) electrons. The minimum atomic E-state index is -3.47. The van der Waals surface area contributed by atoms with Crippen LogP contribution in [0.25, 0.3) is 0 Å². The number of aryl methyl sites for hydroxylation is 1. The minimum absolute atomic E-state index is 0.170. The van der Waals surface area contributed by atoms with E-state index >= 15 is 0 Å². The minimum Gasteiger partial charge on any atom is -0.354 e. The lowest BCUT2D eigenvalue weighted by Crippen LogP contribution is -2.40. The maximum absolute atomic E-state index is 12.1. The predicted octanol–water partition coefficient (Wildman–Crippen LogP) is 2.81. The summed E-state index contributed by atoms with van der Waals surface area (Å²) in [5.74, 6) is 1.38. The van der Waals surface area contributed by atoms with Crippen LogP contribution in [0.1, 0.15) is 16.7 Å². The van der Waals surface area contributed by atoms with Crippen LogP contribution in [0.15, 0.2) is 54.6 Å². The van der Waals surface area contributed by atoms with E-state index in [-0.39, 0.29) is 19.0 Å². The fourth-order valence-corrected chi connectivity index (χ4v) is 3.98. The number of nitrogens with one attached hydrogen (secondary N) is 1.